The standard InChI is InChI=1S/C9H20N2O/c1-11(2)6-5-10-9-3-7-12-8-4-9/h9-10H,3-8H2,1-2H3. The average Bonchev–Trinajstić information content (AvgIpc) is 2.05. The van der Waals surface area contributed by atoms with E-state index in [0.717, 1.165) is 26.3 Å². The molecule has 0 atom stereocenters. The molecule has 1 aliphatic heterocycles. The molecule has 0 amide bonds. The fourth-order valence-corrected chi connectivity index (χ4v) is 1.39. The second kappa shape index (κ2) is 5.51. The van der Waals surface area contributed by atoms with Gasteiger partial charge >= 0.3 is 0 Å². The van der Waals surface area contributed by atoms with Crippen LogP contribution < -0.4 is 5.32 Å². The van der Waals surface area contributed by atoms with Crippen molar-refractivity contribution < 1.29 is 4.74 Å². The lowest BCUT2D eigenvalue weighted by Crippen LogP contribution is -2.38. The molecular weight excluding hydrogens is 152 g/mol. The van der Waals surface area contributed by atoms with E-state index in [-0.39, 0.29) is 0 Å². The number of hydrogen-bond donors (Lipinski definition) is 1. The predicted molar refractivity (Wildman–Crippen MR) is 50.4 cm³/mol. The van der Waals surface area contributed by atoms with Crippen LogP contribution in [0.15, 0.2) is 0 Å². The first-order valence-corrected chi connectivity index (χ1v) is 4.75. The van der Waals surface area contributed by atoms with Gasteiger partial charge in [0.2, 0.25) is 0 Å². The van der Waals surface area contributed by atoms with E-state index in [1.807, 2.05) is 0 Å². The normalized spacial score (nSPS) is 20.2. The topological polar surface area (TPSA) is 24.5 Å². The highest BCUT2D eigenvalue weighted by Crippen LogP contribution is 2.05. The van der Waals surface area contributed by atoms with Crippen LogP contribution in [0.5, 0.6) is 0 Å². The fraction of sp³-hybridized carbons (Fsp3) is 1.00. The molecule has 1 aliphatic rings. The SMILES string of the molecule is CN(C)CCNC1CCOCC1. The van der Waals surface area contributed by atoms with Gasteiger partial charge in [0.05, 0.1) is 0 Å². The third kappa shape index (κ3) is 4.04. The Balaban J connectivity index is 1.98. The van der Waals surface area contributed by atoms with Crippen molar-refractivity contribution >= 4 is 0 Å². The maximum Gasteiger partial charge on any atom is 0.0480 e. The van der Waals surface area contributed by atoms with Crippen LogP contribution in [0, 0.1) is 0 Å². The van der Waals surface area contributed by atoms with Gasteiger partial charge in [-0.3, -0.25) is 0 Å². The van der Waals surface area contributed by atoms with Crippen LogP contribution in [0.1, 0.15) is 12.8 Å². The molecule has 1 N–H and O–H groups in total. The maximum atomic E-state index is 5.28. The van der Waals surface area contributed by atoms with Gasteiger partial charge in [-0.15, -0.1) is 0 Å². The Hall–Kier alpha value is -0.120. The molecule has 1 rings (SSSR count). The summed E-state index contributed by atoms with van der Waals surface area (Å²) in [6, 6.07) is 0.693. The minimum atomic E-state index is 0.693. The van der Waals surface area contributed by atoms with Gasteiger partial charge < -0.3 is 15.0 Å². The van der Waals surface area contributed by atoms with Gasteiger partial charge in [0.1, 0.15) is 0 Å². The molecule has 12 heavy (non-hydrogen) atoms. The van der Waals surface area contributed by atoms with Crippen LogP contribution >= 0.6 is 0 Å². The van der Waals surface area contributed by atoms with Gasteiger partial charge in [0, 0.05) is 32.3 Å². The second-order valence-electron chi connectivity index (χ2n) is 3.64. The molecule has 1 saturated heterocycles. The van der Waals surface area contributed by atoms with E-state index in [2.05, 4.69) is 24.3 Å². The predicted octanol–water partition coefficient (Wildman–Crippen LogP) is 0.317. The quantitative estimate of drug-likeness (QED) is 0.661. The van der Waals surface area contributed by atoms with Crippen molar-refractivity contribution in [2.45, 2.75) is 18.9 Å². The van der Waals surface area contributed by atoms with Crippen LogP contribution in [0.4, 0.5) is 0 Å². The van der Waals surface area contributed by atoms with Crippen molar-refractivity contribution in [1.29, 1.82) is 0 Å². The molecule has 0 radical (unpaired) electrons. The highest BCUT2D eigenvalue weighted by molar-refractivity contribution is 4.70. The minimum absolute atomic E-state index is 0.693. The number of nitrogens with one attached hydrogen (secondary N) is 1. The summed E-state index contributed by atoms with van der Waals surface area (Å²) < 4.78 is 5.28. The molecule has 0 aromatic heterocycles. The molecule has 0 aliphatic carbocycles. The van der Waals surface area contributed by atoms with Gasteiger partial charge in [-0.1, -0.05) is 0 Å². The Morgan fingerprint density at radius 3 is 2.58 bits per heavy atom. The van der Waals surface area contributed by atoms with Crippen LogP contribution in [0.3, 0.4) is 0 Å². The van der Waals surface area contributed by atoms with E-state index in [4.69, 9.17) is 4.74 Å². The fourth-order valence-electron chi connectivity index (χ4n) is 1.39. The van der Waals surface area contributed by atoms with Gasteiger partial charge in [0.15, 0.2) is 0 Å². The Morgan fingerprint density at radius 2 is 2.00 bits per heavy atom. The van der Waals surface area contributed by atoms with Crippen LogP contribution in [0.25, 0.3) is 0 Å². The van der Waals surface area contributed by atoms with Crippen LogP contribution in [0.2, 0.25) is 0 Å². The summed E-state index contributed by atoms with van der Waals surface area (Å²) in [4.78, 5) is 2.20. The van der Waals surface area contributed by atoms with Crippen molar-refractivity contribution in [3.63, 3.8) is 0 Å². The molecular formula is C9H20N2O. The van der Waals surface area contributed by atoms with Gasteiger partial charge in [-0.2, -0.15) is 0 Å². The summed E-state index contributed by atoms with van der Waals surface area (Å²) >= 11 is 0. The number of likely N-dealkylation sites (N-methyl/N-ethyl adjacent to an activating group) is 1. The van der Waals surface area contributed by atoms with Gasteiger partial charge in [-0.25, -0.2) is 0 Å². The largest absolute Gasteiger partial charge is 0.381 e. The zero-order valence-electron chi connectivity index (χ0n) is 8.18. The molecule has 0 aromatic carbocycles. The first-order valence-electron chi connectivity index (χ1n) is 4.75. The highest BCUT2D eigenvalue weighted by atomic mass is 16.5. The first-order chi connectivity index (χ1) is 5.79. The maximum absolute atomic E-state index is 5.28. The van der Waals surface area contributed by atoms with Crippen molar-refractivity contribution in [1.82, 2.24) is 10.2 Å². The third-order valence-corrected chi connectivity index (χ3v) is 2.21. The van der Waals surface area contributed by atoms with E-state index in [1.165, 1.54) is 12.8 Å². The zero-order chi connectivity index (χ0) is 8.81. The van der Waals surface area contributed by atoms with Gasteiger partial charge in [0.25, 0.3) is 0 Å². The van der Waals surface area contributed by atoms with E-state index in [1.54, 1.807) is 0 Å². The summed E-state index contributed by atoms with van der Waals surface area (Å²) in [5.74, 6) is 0. The van der Waals surface area contributed by atoms with Crippen LogP contribution in [-0.2, 0) is 4.74 Å². The summed E-state index contributed by atoms with van der Waals surface area (Å²) in [6.45, 7) is 4.08. The van der Waals surface area contributed by atoms with Crippen LogP contribution in [-0.4, -0.2) is 51.3 Å². The van der Waals surface area contributed by atoms with Crippen molar-refractivity contribution in [2.75, 3.05) is 40.4 Å². The van der Waals surface area contributed by atoms with E-state index in [9.17, 15) is 0 Å². The lowest BCUT2D eigenvalue weighted by atomic mass is 10.1. The number of ether oxygens (including phenoxy) is 1. The Labute approximate surface area is 75.1 Å². The van der Waals surface area contributed by atoms with E-state index >= 15 is 0 Å². The molecule has 0 unspecified atom stereocenters. The molecule has 3 nitrogen and oxygen atoms in total. The lowest BCUT2D eigenvalue weighted by Gasteiger charge is -2.23. The molecule has 3 heteroatoms. The Bertz CT molecular complexity index is 111. The molecule has 0 aromatic rings. The second-order valence-corrected chi connectivity index (χ2v) is 3.64. The average molecular weight is 172 g/mol. The summed E-state index contributed by atoms with van der Waals surface area (Å²) in [6.07, 6.45) is 2.35. The number of nitrogens with zero attached hydrogens (tertiary/aromatic N) is 1. The Kier molecular flexibility index (Phi) is 4.58. The van der Waals surface area contributed by atoms with E-state index < -0.39 is 0 Å². The number of hydrogen-bond acceptors (Lipinski definition) is 3. The molecule has 72 valence electrons. The molecule has 0 saturated carbocycles. The Morgan fingerprint density at radius 1 is 1.33 bits per heavy atom. The summed E-state index contributed by atoms with van der Waals surface area (Å²) in [7, 11) is 4.21. The third-order valence-electron chi connectivity index (χ3n) is 2.21. The summed E-state index contributed by atoms with van der Waals surface area (Å²) in [5, 5.41) is 3.53. The summed E-state index contributed by atoms with van der Waals surface area (Å²) in [5.41, 5.74) is 0. The smallest absolute Gasteiger partial charge is 0.0480 e. The van der Waals surface area contributed by atoms with Crippen molar-refractivity contribution in [3.05, 3.63) is 0 Å². The lowest BCUT2D eigenvalue weighted by molar-refractivity contribution is 0.0776. The molecule has 1 heterocycles. The first kappa shape index (κ1) is 9.96. The van der Waals surface area contributed by atoms with Gasteiger partial charge in [-0.05, 0) is 26.9 Å². The van der Waals surface area contributed by atoms with E-state index in [0.29, 0.717) is 6.04 Å². The monoisotopic (exact) mass is 172 g/mol. The van der Waals surface area contributed by atoms with Crippen molar-refractivity contribution in [2.24, 2.45) is 0 Å². The molecule has 0 bridgehead atoms. The minimum Gasteiger partial charge on any atom is -0.381 e. The molecule has 1 fully saturated rings. The van der Waals surface area contributed by atoms with Crippen molar-refractivity contribution in [3.8, 4) is 0 Å². The number of rotatable bonds is 4. The zero-order valence-corrected chi connectivity index (χ0v) is 8.18. The highest BCUT2D eigenvalue weighted by Gasteiger charge is 2.11. The molecule has 0 spiro atoms.